The number of carbonyl (C=O) groups excluding carboxylic acids is 1. The lowest BCUT2D eigenvalue weighted by atomic mass is 10.1. The number of nitrogens with one attached hydrogen (secondary N) is 2. The average Bonchev–Trinajstić information content (AvgIpc) is 2.97. The second kappa shape index (κ2) is 6.00. The smallest absolute Gasteiger partial charge is 0.319 e. The van der Waals surface area contributed by atoms with Gasteiger partial charge in [-0.2, -0.15) is 5.10 Å². The molecule has 1 aliphatic rings. The molecule has 22 heavy (non-hydrogen) atoms. The summed E-state index contributed by atoms with van der Waals surface area (Å²) in [6.07, 6.45) is 3.19. The highest BCUT2D eigenvalue weighted by Crippen LogP contribution is 2.23. The highest BCUT2D eigenvalue weighted by atomic mass is 19.1. The molecule has 0 saturated carbocycles. The molecule has 2 N–H and O–H groups in total. The van der Waals surface area contributed by atoms with E-state index in [1.54, 1.807) is 10.7 Å². The molecule has 0 saturated heterocycles. The molecule has 1 aliphatic heterocycles. The number of anilines is 1. The summed E-state index contributed by atoms with van der Waals surface area (Å²) in [4.78, 5) is 16.2. The number of methoxy groups -OCH3 is 1. The van der Waals surface area contributed by atoms with Crippen molar-refractivity contribution in [1.29, 1.82) is 0 Å². The Morgan fingerprint density at radius 3 is 3.14 bits per heavy atom. The molecule has 116 valence electrons. The van der Waals surface area contributed by atoms with Crippen molar-refractivity contribution in [3.8, 4) is 5.75 Å². The molecule has 2 aromatic rings. The van der Waals surface area contributed by atoms with Gasteiger partial charge in [0.2, 0.25) is 0 Å². The Bertz CT molecular complexity index is 688. The van der Waals surface area contributed by atoms with Crippen LogP contribution in [0.5, 0.6) is 5.75 Å². The first-order valence-corrected chi connectivity index (χ1v) is 6.96. The van der Waals surface area contributed by atoms with Crippen molar-refractivity contribution in [3.05, 3.63) is 36.2 Å². The van der Waals surface area contributed by atoms with Crippen LogP contribution in [0, 0.1) is 5.82 Å². The van der Waals surface area contributed by atoms with Gasteiger partial charge in [-0.1, -0.05) is 0 Å². The number of urea groups is 1. The quantitative estimate of drug-likeness (QED) is 0.909. The maximum absolute atomic E-state index is 13.6. The fraction of sp³-hybridized carbons (Fsp3) is 0.357. The zero-order chi connectivity index (χ0) is 15.5. The molecule has 3 rings (SSSR count). The summed E-state index contributed by atoms with van der Waals surface area (Å²) >= 11 is 0. The van der Waals surface area contributed by atoms with Gasteiger partial charge in [0.25, 0.3) is 0 Å². The molecule has 2 amide bonds. The van der Waals surface area contributed by atoms with Gasteiger partial charge < -0.3 is 15.4 Å². The van der Waals surface area contributed by atoms with E-state index in [9.17, 15) is 9.18 Å². The number of aryl methyl sites for hydroxylation is 1. The lowest BCUT2D eigenvalue weighted by molar-refractivity contribution is 0.244. The van der Waals surface area contributed by atoms with Crippen LogP contribution >= 0.6 is 0 Å². The summed E-state index contributed by atoms with van der Waals surface area (Å²) in [6, 6.07) is 3.64. The highest BCUT2D eigenvalue weighted by Gasteiger charge is 2.23. The number of fused-ring (bicyclic) bond motifs is 1. The van der Waals surface area contributed by atoms with Crippen LogP contribution < -0.4 is 15.4 Å². The van der Waals surface area contributed by atoms with Gasteiger partial charge in [0.05, 0.1) is 13.2 Å². The molecule has 7 nitrogen and oxygen atoms in total. The van der Waals surface area contributed by atoms with Gasteiger partial charge in [-0.05, 0) is 25.0 Å². The van der Waals surface area contributed by atoms with Crippen LogP contribution in [0.2, 0.25) is 0 Å². The van der Waals surface area contributed by atoms with Gasteiger partial charge in [0, 0.05) is 18.3 Å². The number of halogens is 1. The van der Waals surface area contributed by atoms with E-state index in [0.29, 0.717) is 5.69 Å². The fourth-order valence-electron chi connectivity index (χ4n) is 2.50. The molecule has 1 aromatic heterocycles. The van der Waals surface area contributed by atoms with Gasteiger partial charge in [-0.3, -0.25) is 0 Å². The third kappa shape index (κ3) is 2.85. The Hall–Kier alpha value is -2.64. The standard InChI is InChI=1S/C14H16FN5O2/c1-22-12-5-4-9(7-10(12)15)18-14(21)19-11-3-2-6-20-13(11)16-8-17-20/h4-5,7-8,11H,2-3,6H2,1H3,(H2,18,19,21). The predicted molar refractivity (Wildman–Crippen MR) is 77.1 cm³/mol. The Labute approximate surface area is 126 Å². The van der Waals surface area contributed by atoms with Gasteiger partial charge in [0.15, 0.2) is 11.6 Å². The summed E-state index contributed by atoms with van der Waals surface area (Å²) in [5, 5.41) is 9.53. The number of ether oxygens (including phenoxy) is 1. The Morgan fingerprint density at radius 1 is 1.50 bits per heavy atom. The van der Waals surface area contributed by atoms with E-state index in [2.05, 4.69) is 20.7 Å². The molecule has 0 radical (unpaired) electrons. The predicted octanol–water partition coefficient (Wildman–Crippen LogP) is 2.08. The summed E-state index contributed by atoms with van der Waals surface area (Å²) in [6.45, 7) is 0.804. The van der Waals surface area contributed by atoms with Crippen LogP contribution in [0.25, 0.3) is 0 Å². The van der Waals surface area contributed by atoms with Crippen molar-refractivity contribution in [3.63, 3.8) is 0 Å². The molecule has 1 unspecified atom stereocenters. The van der Waals surface area contributed by atoms with E-state index in [1.807, 2.05) is 0 Å². The number of amides is 2. The van der Waals surface area contributed by atoms with Crippen LogP contribution in [0.3, 0.4) is 0 Å². The van der Waals surface area contributed by atoms with Crippen LogP contribution in [0.1, 0.15) is 24.7 Å². The summed E-state index contributed by atoms with van der Waals surface area (Å²) in [7, 11) is 1.39. The van der Waals surface area contributed by atoms with Crippen LogP contribution in [-0.2, 0) is 6.54 Å². The molecular weight excluding hydrogens is 289 g/mol. The molecular formula is C14H16FN5O2. The number of rotatable bonds is 3. The van der Waals surface area contributed by atoms with Crippen LogP contribution in [0.4, 0.5) is 14.9 Å². The maximum atomic E-state index is 13.6. The van der Waals surface area contributed by atoms with E-state index in [0.717, 1.165) is 25.2 Å². The van der Waals surface area contributed by atoms with Gasteiger partial charge in [-0.15, -0.1) is 0 Å². The average molecular weight is 305 g/mol. The van der Waals surface area contributed by atoms with Gasteiger partial charge >= 0.3 is 6.03 Å². The monoisotopic (exact) mass is 305 g/mol. The number of carbonyl (C=O) groups is 1. The number of aromatic nitrogens is 3. The van der Waals surface area contributed by atoms with E-state index < -0.39 is 11.8 Å². The molecule has 2 heterocycles. The van der Waals surface area contributed by atoms with Gasteiger partial charge in [0.1, 0.15) is 12.2 Å². The minimum atomic E-state index is -0.530. The van der Waals surface area contributed by atoms with E-state index in [1.165, 1.54) is 25.6 Å². The Balaban J connectivity index is 1.65. The molecule has 0 aliphatic carbocycles. The number of nitrogens with zero attached hydrogens (tertiary/aromatic N) is 3. The van der Waals surface area contributed by atoms with Crippen molar-refractivity contribution in [1.82, 2.24) is 20.1 Å². The number of hydrogen-bond acceptors (Lipinski definition) is 4. The largest absolute Gasteiger partial charge is 0.494 e. The minimum Gasteiger partial charge on any atom is -0.494 e. The maximum Gasteiger partial charge on any atom is 0.319 e. The molecule has 1 atom stereocenters. The zero-order valence-electron chi connectivity index (χ0n) is 12.0. The van der Waals surface area contributed by atoms with Crippen LogP contribution in [0.15, 0.2) is 24.5 Å². The molecule has 1 aromatic carbocycles. The summed E-state index contributed by atoms with van der Waals surface area (Å²) in [5.41, 5.74) is 0.355. The number of benzene rings is 1. The van der Waals surface area contributed by atoms with E-state index >= 15 is 0 Å². The van der Waals surface area contributed by atoms with E-state index in [4.69, 9.17) is 4.74 Å². The first-order chi connectivity index (χ1) is 10.7. The topological polar surface area (TPSA) is 81.1 Å². The Kier molecular flexibility index (Phi) is 3.90. The third-order valence-electron chi connectivity index (χ3n) is 3.53. The zero-order valence-corrected chi connectivity index (χ0v) is 12.0. The lowest BCUT2D eigenvalue weighted by Gasteiger charge is -2.23. The minimum absolute atomic E-state index is 0.131. The first kappa shape index (κ1) is 14.3. The van der Waals surface area contributed by atoms with Crippen molar-refractivity contribution < 1.29 is 13.9 Å². The van der Waals surface area contributed by atoms with E-state index in [-0.39, 0.29) is 11.8 Å². The highest BCUT2D eigenvalue weighted by molar-refractivity contribution is 5.89. The van der Waals surface area contributed by atoms with Crippen molar-refractivity contribution in [2.75, 3.05) is 12.4 Å². The van der Waals surface area contributed by atoms with Crippen LogP contribution in [-0.4, -0.2) is 27.9 Å². The summed E-state index contributed by atoms with van der Waals surface area (Å²) in [5.74, 6) is 0.339. The van der Waals surface area contributed by atoms with Crippen molar-refractivity contribution in [2.45, 2.75) is 25.4 Å². The fourth-order valence-corrected chi connectivity index (χ4v) is 2.50. The summed E-state index contributed by atoms with van der Waals surface area (Å²) < 4.78 is 20.2. The first-order valence-electron chi connectivity index (χ1n) is 6.96. The number of hydrogen-bond donors (Lipinski definition) is 2. The lowest BCUT2D eigenvalue weighted by Crippen LogP contribution is -2.36. The molecule has 0 spiro atoms. The van der Waals surface area contributed by atoms with Crippen molar-refractivity contribution in [2.24, 2.45) is 0 Å². The Morgan fingerprint density at radius 2 is 2.36 bits per heavy atom. The van der Waals surface area contributed by atoms with Gasteiger partial charge in [-0.25, -0.2) is 18.9 Å². The second-order valence-electron chi connectivity index (χ2n) is 4.98. The third-order valence-corrected chi connectivity index (χ3v) is 3.53. The molecule has 8 heteroatoms. The SMILES string of the molecule is COc1ccc(NC(=O)NC2CCCn3ncnc32)cc1F. The molecule has 0 fully saturated rings. The molecule has 0 bridgehead atoms. The van der Waals surface area contributed by atoms with Crippen molar-refractivity contribution >= 4 is 11.7 Å². The second-order valence-corrected chi connectivity index (χ2v) is 4.98. The normalized spacial score (nSPS) is 16.7.